The van der Waals surface area contributed by atoms with E-state index in [2.05, 4.69) is 15.5 Å². The Morgan fingerprint density at radius 2 is 2.33 bits per heavy atom. The molecule has 0 aliphatic carbocycles. The van der Waals surface area contributed by atoms with Crippen LogP contribution in [0.2, 0.25) is 0 Å². The van der Waals surface area contributed by atoms with E-state index in [1.807, 2.05) is 35.7 Å². The first kappa shape index (κ1) is 17.5. The lowest BCUT2D eigenvalue weighted by Gasteiger charge is -2.24. The van der Waals surface area contributed by atoms with Gasteiger partial charge in [0.1, 0.15) is 18.1 Å². The van der Waals surface area contributed by atoms with Crippen LogP contribution in [0.1, 0.15) is 22.2 Å². The third-order valence-electron chi connectivity index (χ3n) is 4.39. The zero-order valence-corrected chi connectivity index (χ0v) is 15.6. The highest BCUT2D eigenvalue weighted by atomic mass is 32.1. The standard InChI is InChI=1S/C19H19N3O4S/c1-24-14-5-4-12-7-13(11-25-16(12)8-14)19(23)20-10-18-21-17(22-26-18)9-15-3-2-6-27-15/h2-6,8,13H,7,9-11H2,1H3,(H,20,23)/t13-/m0/s1. The molecule has 4 rings (SSSR count). The number of nitrogens with zero attached hydrogens (tertiary/aromatic N) is 2. The van der Waals surface area contributed by atoms with Crippen molar-refractivity contribution in [1.29, 1.82) is 0 Å². The molecule has 1 aliphatic rings. The molecule has 2 aromatic heterocycles. The molecule has 1 amide bonds. The fraction of sp³-hybridized carbons (Fsp3) is 0.316. The number of fused-ring (bicyclic) bond motifs is 1. The van der Waals surface area contributed by atoms with Crippen molar-refractivity contribution in [3.05, 3.63) is 57.9 Å². The molecule has 0 saturated carbocycles. The van der Waals surface area contributed by atoms with Gasteiger partial charge in [-0.3, -0.25) is 4.79 Å². The number of amides is 1. The molecule has 7 nitrogen and oxygen atoms in total. The van der Waals surface area contributed by atoms with Gasteiger partial charge in [0, 0.05) is 17.4 Å². The third kappa shape index (κ3) is 4.11. The second-order valence-electron chi connectivity index (χ2n) is 6.26. The summed E-state index contributed by atoms with van der Waals surface area (Å²) in [5.41, 5.74) is 0.998. The SMILES string of the molecule is COc1ccc2c(c1)OC[C@@H](C(=O)NCc1nc(Cc3cccs3)no1)C2. The lowest BCUT2D eigenvalue weighted by molar-refractivity contribution is -0.126. The normalized spacial score (nSPS) is 15.7. The molecule has 1 aliphatic heterocycles. The van der Waals surface area contributed by atoms with Crippen LogP contribution in [0, 0.1) is 5.92 Å². The number of nitrogens with one attached hydrogen (secondary N) is 1. The molecular formula is C19H19N3O4S. The summed E-state index contributed by atoms with van der Waals surface area (Å²) in [7, 11) is 1.62. The number of hydrogen-bond acceptors (Lipinski definition) is 7. The molecule has 1 atom stereocenters. The third-order valence-corrected chi connectivity index (χ3v) is 5.26. The van der Waals surface area contributed by atoms with Crippen LogP contribution in [-0.4, -0.2) is 29.8 Å². The van der Waals surface area contributed by atoms with E-state index in [-0.39, 0.29) is 18.4 Å². The summed E-state index contributed by atoms with van der Waals surface area (Å²) in [5, 5.41) is 8.83. The number of benzene rings is 1. The fourth-order valence-electron chi connectivity index (χ4n) is 2.96. The quantitative estimate of drug-likeness (QED) is 0.702. The van der Waals surface area contributed by atoms with Crippen LogP contribution in [0.4, 0.5) is 0 Å². The van der Waals surface area contributed by atoms with E-state index in [0.29, 0.717) is 31.2 Å². The number of thiophene rings is 1. The lowest BCUT2D eigenvalue weighted by Crippen LogP contribution is -2.37. The fourth-order valence-corrected chi connectivity index (χ4v) is 3.66. The van der Waals surface area contributed by atoms with Gasteiger partial charge in [-0.15, -0.1) is 11.3 Å². The van der Waals surface area contributed by atoms with Gasteiger partial charge in [-0.05, 0) is 29.5 Å². The molecule has 27 heavy (non-hydrogen) atoms. The Hall–Kier alpha value is -2.87. The summed E-state index contributed by atoms with van der Waals surface area (Å²) in [5.74, 6) is 2.19. The first-order valence-electron chi connectivity index (χ1n) is 8.62. The molecule has 0 spiro atoms. The Morgan fingerprint density at radius 1 is 1.41 bits per heavy atom. The Morgan fingerprint density at radius 3 is 3.15 bits per heavy atom. The van der Waals surface area contributed by atoms with E-state index in [4.69, 9.17) is 14.0 Å². The van der Waals surface area contributed by atoms with E-state index in [0.717, 1.165) is 17.1 Å². The van der Waals surface area contributed by atoms with Gasteiger partial charge in [-0.2, -0.15) is 4.98 Å². The van der Waals surface area contributed by atoms with Crippen LogP contribution >= 0.6 is 11.3 Å². The zero-order chi connectivity index (χ0) is 18.6. The second kappa shape index (κ2) is 7.79. The highest BCUT2D eigenvalue weighted by molar-refractivity contribution is 7.09. The number of carbonyl (C=O) groups is 1. The first-order valence-corrected chi connectivity index (χ1v) is 9.50. The molecule has 3 heterocycles. The summed E-state index contributed by atoms with van der Waals surface area (Å²) in [6.45, 7) is 0.543. The van der Waals surface area contributed by atoms with Gasteiger partial charge < -0.3 is 19.3 Å². The Balaban J connectivity index is 1.31. The van der Waals surface area contributed by atoms with E-state index in [1.165, 1.54) is 4.88 Å². The van der Waals surface area contributed by atoms with Crippen LogP contribution in [0.15, 0.2) is 40.2 Å². The van der Waals surface area contributed by atoms with Crippen molar-refractivity contribution >= 4 is 17.2 Å². The maximum atomic E-state index is 12.5. The van der Waals surface area contributed by atoms with Gasteiger partial charge in [0.2, 0.25) is 11.8 Å². The first-order chi connectivity index (χ1) is 13.2. The molecule has 140 valence electrons. The van der Waals surface area contributed by atoms with E-state index in [9.17, 15) is 4.79 Å². The molecule has 0 fully saturated rings. The molecule has 1 aromatic carbocycles. The summed E-state index contributed by atoms with van der Waals surface area (Å²) >= 11 is 1.65. The zero-order valence-electron chi connectivity index (χ0n) is 14.8. The predicted octanol–water partition coefficient (Wildman–Crippen LogP) is 2.60. The molecular weight excluding hydrogens is 366 g/mol. The smallest absolute Gasteiger partial charge is 0.246 e. The van der Waals surface area contributed by atoms with Crippen molar-refractivity contribution in [2.45, 2.75) is 19.4 Å². The summed E-state index contributed by atoms with van der Waals surface area (Å²) in [4.78, 5) is 18.0. The number of hydrogen-bond donors (Lipinski definition) is 1. The second-order valence-corrected chi connectivity index (χ2v) is 7.30. The minimum atomic E-state index is -0.251. The van der Waals surface area contributed by atoms with Crippen molar-refractivity contribution in [2.75, 3.05) is 13.7 Å². The minimum Gasteiger partial charge on any atom is -0.497 e. The number of ether oxygens (including phenoxy) is 2. The van der Waals surface area contributed by atoms with Gasteiger partial charge >= 0.3 is 0 Å². The van der Waals surface area contributed by atoms with Crippen molar-refractivity contribution in [3.63, 3.8) is 0 Å². The Bertz CT molecular complexity index is 923. The monoisotopic (exact) mass is 385 g/mol. The van der Waals surface area contributed by atoms with Crippen molar-refractivity contribution in [2.24, 2.45) is 5.92 Å². The van der Waals surface area contributed by atoms with Crippen LogP contribution in [0.3, 0.4) is 0 Å². The van der Waals surface area contributed by atoms with Crippen LogP contribution in [-0.2, 0) is 24.2 Å². The molecule has 0 saturated heterocycles. The summed E-state index contributed by atoms with van der Waals surface area (Å²) < 4.78 is 16.1. The van der Waals surface area contributed by atoms with E-state index in [1.54, 1.807) is 18.4 Å². The van der Waals surface area contributed by atoms with Gasteiger partial charge in [0.15, 0.2) is 5.82 Å². The van der Waals surface area contributed by atoms with Crippen molar-refractivity contribution < 1.29 is 18.8 Å². The molecule has 0 bridgehead atoms. The summed E-state index contributed by atoms with van der Waals surface area (Å²) in [6.07, 6.45) is 1.25. The van der Waals surface area contributed by atoms with Gasteiger partial charge in [0.05, 0.1) is 19.6 Å². The Labute approximate surface area is 160 Å². The van der Waals surface area contributed by atoms with Crippen LogP contribution in [0.5, 0.6) is 11.5 Å². The van der Waals surface area contributed by atoms with E-state index >= 15 is 0 Å². The number of aromatic nitrogens is 2. The van der Waals surface area contributed by atoms with Gasteiger partial charge in [0.25, 0.3) is 0 Å². The number of methoxy groups -OCH3 is 1. The van der Waals surface area contributed by atoms with Crippen molar-refractivity contribution in [3.8, 4) is 11.5 Å². The molecule has 0 radical (unpaired) electrons. The Kier molecular flexibility index (Phi) is 5.06. The lowest BCUT2D eigenvalue weighted by atomic mass is 9.96. The largest absolute Gasteiger partial charge is 0.497 e. The van der Waals surface area contributed by atoms with Gasteiger partial charge in [-0.25, -0.2) is 0 Å². The maximum Gasteiger partial charge on any atom is 0.246 e. The molecule has 3 aromatic rings. The predicted molar refractivity (Wildman–Crippen MR) is 99.0 cm³/mol. The molecule has 0 unspecified atom stereocenters. The molecule has 1 N–H and O–H groups in total. The van der Waals surface area contributed by atoms with Crippen molar-refractivity contribution in [1.82, 2.24) is 15.5 Å². The highest BCUT2D eigenvalue weighted by Crippen LogP contribution is 2.31. The van der Waals surface area contributed by atoms with Crippen LogP contribution in [0.25, 0.3) is 0 Å². The molecule has 8 heteroatoms. The number of carbonyl (C=O) groups excluding carboxylic acids is 1. The topological polar surface area (TPSA) is 86.5 Å². The van der Waals surface area contributed by atoms with E-state index < -0.39 is 0 Å². The maximum absolute atomic E-state index is 12.5. The van der Waals surface area contributed by atoms with Gasteiger partial charge in [-0.1, -0.05) is 17.3 Å². The minimum absolute atomic E-state index is 0.0884. The average molecular weight is 385 g/mol. The average Bonchev–Trinajstić information content (AvgIpc) is 3.37. The number of rotatable bonds is 6. The van der Waals surface area contributed by atoms with Crippen LogP contribution < -0.4 is 14.8 Å². The summed E-state index contributed by atoms with van der Waals surface area (Å²) in [6, 6.07) is 9.66. The highest BCUT2D eigenvalue weighted by Gasteiger charge is 2.26.